The van der Waals surface area contributed by atoms with E-state index in [1.54, 1.807) is 12.1 Å². The average Bonchev–Trinajstić information content (AvgIpc) is 3.35. The van der Waals surface area contributed by atoms with Gasteiger partial charge in [-0.05, 0) is 30.5 Å². The van der Waals surface area contributed by atoms with Gasteiger partial charge in [-0.15, -0.1) is 11.8 Å². The summed E-state index contributed by atoms with van der Waals surface area (Å²) in [4.78, 5) is 37.8. The zero-order valence-corrected chi connectivity index (χ0v) is 18.8. The number of carbonyl (C=O) groups excluding carboxylic acids is 3. The molecule has 1 amide bonds. The number of hydrogen-bond acceptors (Lipinski definition) is 7. The van der Waals surface area contributed by atoms with Crippen molar-refractivity contribution in [2.75, 3.05) is 26.1 Å². The van der Waals surface area contributed by atoms with Gasteiger partial charge < -0.3 is 19.5 Å². The van der Waals surface area contributed by atoms with Crippen molar-refractivity contribution >= 4 is 29.6 Å². The van der Waals surface area contributed by atoms with Crippen LogP contribution in [0.5, 0.6) is 0 Å². The number of hydrogen-bond donors (Lipinski definition) is 1. The Morgan fingerprint density at radius 1 is 1.12 bits per heavy atom. The van der Waals surface area contributed by atoms with Gasteiger partial charge >= 0.3 is 11.9 Å². The van der Waals surface area contributed by atoms with Crippen molar-refractivity contribution in [3.8, 4) is 0 Å². The van der Waals surface area contributed by atoms with E-state index >= 15 is 0 Å². The summed E-state index contributed by atoms with van der Waals surface area (Å²) in [6.45, 7) is 0.284. The van der Waals surface area contributed by atoms with Crippen LogP contribution in [0.25, 0.3) is 0 Å². The summed E-state index contributed by atoms with van der Waals surface area (Å²) in [6, 6.07) is 15.5. The van der Waals surface area contributed by atoms with Gasteiger partial charge in [-0.1, -0.05) is 42.5 Å². The molecule has 8 heteroatoms. The van der Waals surface area contributed by atoms with Crippen molar-refractivity contribution < 1.29 is 28.6 Å². The van der Waals surface area contributed by atoms with Gasteiger partial charge in [-0.3, -0.25) is 4.79 Å². The molecule has 32 heavy (non-hydrogen) atoms. The lowest BCUT2D eigenvalue weighted by molar-refractivity contribution is -0.145. The second-order valence-electron chi connectivity index (χ2n) is 7.35. The van der Waals surface area contributed by atoms with Gasteiger partial charge in [0.05, 0.1) is 18.8 Å². The maximum atomic E-state index is 12.6. The maximum Gasteiger partial charge on any atom is 0.339 e. The largest absolute Gasteiger partial charge is 0.467 e. The molecule has 1 N–H and O–H groups in total. The van der Waals surface area contributed by atoms with Crippen molar-refractivity contribution in [1.82, 2.24) is 5.32 Å². The molecule has 1 saturated heterocycles. The molecule has 0 aliphatic carbocycles. The van der Waals surface area contributed by atoms with E-state index in [1.807, 2.05) is 42.5 Å². The van der Waals surface area contributed by atoms with E-state index in [-0.39, 0.29) is 12.5 Å². The minimum absolute atomic E-state index is 0.190. The van der Waals surface area contributed by atoms with Crippen molar-refractivity contribution in [1.29, 1.82) is 0 Å². The fourth-order valence-corrected chi connectivity index (χ4v) is 4.46. The zero-order valence-electron chi connectivity index (χ0n) is 18.0. The highest BCUT2D eigenvalue weighted by Gasteiger charge is 2.23. The second-order valence-corrected chi connectivity index (χ2v) is 8.41. The molecule has 170 valence electrons. The number of carbonyl (C=O) groups is 3. The molecule has 0 spiro atoms. The zero-order chi connectivity index (χ0) is 22.8. The van der Waals surface area contributed by atoms with E-state index in [0.717, 1.165) is 35.7 Å². The van der Waals surface area contributed by atoms with Crippen molar-refractivity contribution in [2.45, 2.75) is 36.3 Å². The minimum Gasteiger partial charge on any atom is -0.467 e. The molecule has 0 saturated carbocycles. The van der Waals surface area contributed by atoms with Gasteiger partial charge in [0.25, 0.3) is 5.91 Å². The molecule has 0 aromatic heterocycles. The van der Waals surface area contributed by atoms with Gasteiger partial charge in [-0.2, -0.15) is 0 Å². The van der Waals surface area contributed by atoms with Crippen LogP contribution in [0.3, 0.4) is 0 Å². The van der Waals surface area contributed by atoms with Crippen LogP contribution >= 0.6 is 11.8 Å². The summed E-state index contributed by atoms with van der Waals surface area (Å²) < 4.78 is 15.6. The van der Waals surface area contributed by atoms with Crippen LogP contribution in [0.2, 0.25) is 0 Å². The molecule has 1 fully saturated rings. The molecule has 2 unspecified atom stereocenters. The molecule has 1 aliphatic rings. The number of thioether (sulfide) groups is 1. The van der Waals surface area contributed by atoms with E-state index in [9.17, 15) is 14.4 Å². The smallest absolute Gasteiger partial charge is 0.339 e. The summed E-state index contributed by atoms with van der Waals surface area (Å²) in [5, 5.41) is 2.59. The SMILES string of the molecule is COC(=O)C(Cc1ccccc1)NC(=O)COC(=O)c1ccccc1SCC1CCCO1. The van der Waals surface area contributed by atoms with Crippen molar-refractivity contribution in [3.63, 3.8) is 0 Å². The Kier molecular flexibility index (Phi) is 9.13. The fraction of sp³-hybridized carbons (Fsp3) is 0.375. The highest BCUT2D eigenvalue weighted by atomic mass is 32.2. The standard InChI is InChI=1S/C24H27NO6S/c1-29-24(28)20(14-17-8-3-2-4-9-17)25-22(26)15-31-23(27)19-11-5-6-12-21(19)32-16-18-10-7-13-30-18/h2-6,8-9,11-12,18,20H,7,10,13-16H2,1H3,(H,25,26). The molecule has 2 atom stereocenters. The molecule has 3 rings (SSSR count). The molecule has 0 bridgehead atoms. The van der Waals surface area contributed by atoms with E-state index in [2.05, 4.69) is 5.32 Å². The van der Waals surface area contributed by atoms with E-state index in [1.165, 1.54) is 18.9 Å². The number of nitrogens with one attached hydrogen (secondary N) is 1. The Hall–Kier alpha value is -2.84. The van der Waals surface area contributed by atoms with E-state index in [4.69, 9.17) is 14.2 Å². The molecular formula is C24H27NO6S. The molecule has 0 radical (unpaired) electrons. The number of benzene rings is 2. The van der Waals surface area contributed by atoms with Gasteiger partial charge in [0.1, 0.15) is 6.04 Å². The summed E-state index contributed by atoms with van der Waals surface area (Å²) in [6.07, 6.45) is 2.54. The summed E-state index contributed by atoms with van der Waals surface area (Å²) in [5.41, 5.74) is 1.27. The first-order valence-electron chi connectivity index (χ1n) is 10.5. The first kappa shape index (κ1) is 23.8. The third-order valence-electron chi connectivity index (χ3n) is 4.99. The van der Waals surface area contributed by atoms with Crippen LogP contribution in [-0.2, 0) is 30.2 Å². The molecule has 7 nitrogen and oxygen atoms in total. The lowest BCUT2D eigenvalue weighted by atomic mass is 10.1. The Balaban J connectivity index is 1.54. The first-order chi connectivity index (χ1) is 15.6. The Labute approximate surface area is 191 Å². The highest BCUT2D eigenvalue weighted by Crippen LogP contribution is 2.27. The van der Waals surface area contributed by atoms with Crippen molar-refractivity contribution in [3.05, 3.63) is 65.7 Å². The van der Waals surface area contributed by atoms with Crippen LogP contribution in [0, 0.1) is 0 Å². The Bertz CT molecular complexity index is 914. The summed E-state index contributed by atoms with van der Waals surface area (Å²) in [7, 11) is 1.26. The number of ether oxygens (including phenoxy) is 3. The fourth-order valence-electron chi connectivity index (χ4n) is 3.35. The highest BCUT2D eigenvalue weighted by molar-refractivity contribution is 7.99. The maximum absolute atomic E-state index is 12.6. The monoisotopic (exact) mass is 457 g/mol. The predicted octanol–water partition coefficient (Wildman–Crippen LogP) is 3.02. The third kappa shape index (κ3) is 7.10. The van der Waals surface area contributed by atoms with Gasteiger partial charge in [0.2, 0.25) is 0 Å². The molecule has 2 aromatic carbocycles. The second kappa shape index (κ2) is 12.3. The van der Waals surface area contributed by atoms with Crippen LogP contribution < -0.4 is 5.32 Å². The molecule has 1 heterocycles. The summed E-state index contributed by atoms with van der Waals surface area (Å²) >= 11 is 1.54. The Morgan fingerprint density at radius 2 is 1.88 bits per heavy atom. The van der Waals surface area contributed by atoms with E-state index < -0.39 is 30.5 Å². The molecular weight excluding hydrogens is 430 g/mol. The number of amides is 1. The average molecular weight is 458 g/mol. The van der Waals surface area contributed by atoms with Crippen LogP contribution in [-0.4, -0.2) is 56.1 Å². The van der Waals surface area contributed by atoms with Gasteiger partial charge in [0.15, 0.2) is 6.61 Å². The van der Waals surface area contributed by atoms with Crippen LogP contribution in [0.1, 0.15) is 28.8 Å². The third-order valence-corrected chi connectivity index (χ3v) is 6.20. The lowest BCUT2D eigenvalue weighted by Crippen LogP contribution is -2.44. The summed E-state index contributed by atoms with van der Waals surface area (Å²) in [5.74, 6) is -0.975. The van der Waals surface area contributed by atoms with Crippen LogP contribution in [0.4, 0.5) is 0 Å². The first-order valence-corrected chi connectivity index (χ1v) is 11.5. The predicted molar refractivity (Wildman–Crippen MR) is 121 cm³/mol. The van der Waals surface area contributed by atoms with Crippen LogP contribution in [0.15, 0.2) is 59.5 Å². The number of rotatable bonds is 10. The normalized spacial score (nSPS) is 16.2. The Morgan fingerprint density at radius 3 is 2.59 bits per heavy atom. The minimum atomic E-state index is -0.872. The van der Waals surface area contributed by atoms with Gasteiger partial charge in [-0.25, -0.2) is 9.59 Å². The van der Waals surface area contributed by atoms with Gasteiger partial charge in [0, 0.05) is 23.7 Å². The topological polar surface area (TPSA) is 90.9 Å². The molecule has 2 aromatic rings. The quantitative estimate of drug-likeness (QED) is 0.433. The number of esters is 2. The number of methoxy groups -OCH3 is 1. The molecule has 1 aliphatic heterocycles. The van der Waals surface area contributed by atoms with Crippen molar-refractivity contribution in [2.24, 2.45) is 0 Å². The van der Waals surface area contributed by atoms with E-state index in [0.29, 0.717) is 5.56 Å². The lowest BCUT2D eigenvalue weighted by Gasteiger charge is -2.17.